The van der Waals surface area contributed by atoms with E-state index in [1.165, 1.54) is 5.75 Å². The van der Waals surface area contributed by atoms with Crippen molar-refractivity contribution in [3.8, 4) is 0 Å². The summed E-state index contributed by atoms with van der Waals surface area (Å²) in [4.78, 5) is 0. The fourth-order valence-corrected chi connectivity index (χ4v) is 1.30. The summed E-state index contributed by atoms with van der Waals surface area (Å²) in [5.41, 5.74) is 0. The van der Waals surface area contributed by atoms with Gasteiger partial charge in [0, 0.05) is 12.3 Å². The van der Waals surface area contributed by atoms with E-state index in [-0.39, 0.29) is 6.54 Å². The molecule has 1 fully saturated rings. The molecule has 1 radical (unpaired) electrons. The molecule has 1 N–H and O–H groups in total. The zero-order valence-corrected chi connectivity index (χ0v) is 5.22. The van der Waals surface area contributed by atoms with Crippen LogP contribution < -0.4 is 4.72 Å². The third-order valence-corrected chi connectivity index (χ3v) is 1.84. The van der Waals surface area contributed by atoms with E-state index in [1.54, 1.807) is 0 Å². The van der Waals surface area contributed by atoms with E-state index in [1.807, 2.05) is 0 Å². The maximum absolute atomic E-state index is 11.7. The monoisotopic (exact) mass is 156 g/mol. The lowest BCUT2D eigenvalue weighted by atomic mass is 10.2. The molecule has 0 aromatic carbocycles. The fraction of sp³-hybridized carbons (Fsp3) is 0.750. The normalized spacial score (nSPS) is 29.0. The summed E-state index contributed by atoms with van der Waals surface area (Å²) in [7, 11) is 0. The number of halogens is 3. The predicted molar refractivity (Wildman–Crippen MR) is 29.4 cm³/mol. The lowest BCUT2D eigenvalue weighted by molar-refractivity contribution is -0.159. The maximum atomic E-state index is 11.7. The third kappa shape index (κ3) is 1.76. The van der Waals surface area contributed by atoms with E-state index in [0.29, 0.717) is 0 Å². The molecule has 1 aliphatic rings. The molecule has 1 aliphatic heterocycles. The van der Waals surface area contributed by atoms with Gasteiger partial charge in [0.25, 0.3) is 0 Å². The Kier molecular flexibility index (Phi) is 1.91. The molecule has 1 heterocycles. The van der Waals surface area contributed by atoms with Gasteiger partial charge in [-0.2, -0.15) is 13.2 Å². The topological polar surface area (TPSA) is 12.0 Å². The molecule has 1 rings (SSSR count). The SMILES string of the molecule is FC(F)(F)C1[CH]SNC1. The van der Waals surface area contributed by atoms with Gasteiger partial charge in [0.05, 0.1) is 5.92 Å². The molecular weight excluding hydrogens is 151 g/mol. The zero-order valence-electron chi connectivity index (χ0n) is 4.40. The van der Waals surface area contributed by atoms with Crippen molar-refractivity contribution in [2.45, 2.75) is 6.18 Å². The van der Waals surface area contributed by atoms with Crippen molar-refractivity contribution in [1.82, 2.24) is 4.72 Å². The van der Waals surface area contributed by atoms with Crippen molar-refractivity contribution in [3.63, 3.8) is 0 Å². The Hall–Kier alpha value is 0.1000. The standard InChI is InChI=1S/C4H5F3NS/c5-4(6,7)3-1-8-9-2-3/h2-3,8H,1H2. The van der Waals surface area contributed by atoms with Gasteiger partial charge >= 0.3 is 6.18 Å². The highest BCUT2D eigenvalue weighted by molar-refractivity contribution is 7.99. The molecule has 1 nitrogen and oxygen atoms in total. The summed E-state index contributed by atoms with van der Waals surface area (Å²) in [6.07, 6.45) is -4.06. The molecule has 0 saturated carbocycles. The summed E-state index contributed by atoms with van der Waals surface area (Å²) in [5, 5.41) is 0. The maximum Gasteiger partial charge on any atom is 0.394 e. The van der Waals surface area contributed by atoms with Gasteiger partial charge in [-0.15, -0.1) is 0 Å². The molecule has 5 heteroatoms. The summed E-state index contributed by atoms with van der Waals surface area (Å²) >= 11 is 1.01. The Balaban J connectivity index is 2.42. The first-order valence-corrected chi connectivity index (χ1v) is 3.27. The van der Waals surface area contributed by atoms with Crippen molar-refractivity contribution in [1.29, 1.82) is 0 Å². The molecule has 1 atom stereocenters. The van der Waals surface area contributed by atoms with Crippen LogP contribution in [-0.4, -0.2) is 12.7 Å². The van der Waals surface area contributed by atoms with Gasteiger partial charge in [-0.1, -0.05) is 11.9 Å². The molecule has 0 aliphatic carbocycles. The van der Waals surface area contributed by atoms with Gasteiger partial charge in [0.15, 0.2) is 0 Å². The van der Waals surface area contributed by atoms with Crippen LogP contribution in [0.3, 0.4) is 0 Å². The van der Waals surface area contributed by atoms with E-state index in [2.05, 4.69) is 4.72 Å². The van der Waals surface area contributed by atoms with E-state index in [0.717, 1.165) is 11.9 Å². The molecule has 53 valence electrons. The highest BCUT2D eigenvalue weighted by atomic mass is 32.2. The first-order chi connectivity index (χ1) is 4.11. The van der Waals surface area contributed by atoms with Crippen LogP contribution in [0.15, 0.2) is 0 Å². The van der Waals surface area contributed by atoms with E-state index < -0.39 is 12.1 Å². The second-order valence-corrected chi connectivity index (χ2v) is 2.55. The minimum Gasteiger partial charge on any atom is -0.263 e. The Labute approximate surface area is 55.1 Å². The molecule has 0 spiro atoms. The summed E-state index contributed by atoms with van der Waals surface area (Å²) in [5.74, 6) is -0.0949. The Bertz CT molecular complexity index is 96.5. The quantitative estimate of drug-likeness (QED) is 0.534. The van der Waals surface area contributed by atoms with Gasteiger partial charge in [-0.3, -0.25) is 4.72 Å². The summed E-state index contributed by atoms with van der Waals surface area (Å²) in [6, 6.07) is 0. The van der Waals surface area contributed by atoms with Gasteiger partial charge < -0.3 is 0 Å². The minimum atomic E-state index is -4.06. The van der Waals surface area contributed by atoms with Crippen molar-refractivity contribution in [3.05, 3.63) is 5.75 Å². The highest BCUT2D eigenvalue weighted by Crippen LogP contribution is 2.34. The van der Waals surface area contributed by atoms with Gasteiger partial charge in [0.1, 0.15) is 0 Å². The van der Waals surface area contributed by atoms with Gasteiger partial charge in [0.2, 0.25) is 0 Å². The largest absolute Gasteiger partial charge is 0.394 e. The molecule has 0 aromatic heterocycles. The highest BCUT2D eigenvalue weighted by Gasteiger charge is 2.41. The second-order valence-electron chi connectivity index (χ2n) is 1.75. The number of hydrogen-bond donors (Lipinski definition) is 1. The fourth-order valence-electron chi connectivity index (χ4n) is 0.509. The minimum absolute atomic E-state index is 0.00810. The summed E-state index contributed by atoms with van der Waals surface area (Å²) < 4.78 is 37.5. The first-order valence-electron chi connectivity index (χ1n) is 2.39. The predicted octanol–water partition coefficient (Wildman–Crippen LogP) is 1.58. The van der Waals surface area contributed by atoms with Crippen molar-refractivity contribution in [2.24, 2.45) is 5.92 Å². The number of hydrogen-bond acceptors (Lipinski definition) is 2. The number of rotatable bonds is 0. The smallest absolute Gasteiger partial charge is 0.263 e. The number of alkyl halides is 3. The average Bonchev–Trinajstić information content (AvgIpc) is 2.08. The third-order valence-electron chi connectivity index (χ3n) is 1.04. The average molecular weight is 156 g/mol. The van der Waals surface area contributed by atoms with E-state index >= 15 is 0 Å². The van der Waals surface area contributed by atoms with E-state index in [9.17, 15) is 13.2 Å². The molecule has 9 heavy (non-hydrogen) atoms. The van der Waals surface area contributed by atoms with Crippen LogP contribution in [0.25, 0.3) is 0 Å². The molecular formula is C4H5F3NS. The van der Waals surface area contributed by atoms with Gasteiger partial charge in [-0.05, 0) is 0 Å². The molecule has 1 unspecified atom stereocenters. The van der Waals surface area contributed by atoms with Crippen LogP contribution in [0, 0.1) is 11.7 Å². The van der Waals surface area contributed by atoms with Crippen LogP contribution in [0.4, 0.5) is 13.2 Å². The van der Waals surface area contributed by atoms with Crippen LogP contribution in [-0.2, 0) is 0 Å². The second kappa shape index (κ2) is 2.38. The van der Waals surface area contributed by atoms with Crippen molar-refractivity contribution in [2.75, 3.05) is 6.54 Å². The number of nitrogens with one attached hydrogen (secondary N) is 1. The van der Waals surface area contributed by atoms with Crippen LogP contribution >= 0.6 is 11.9 Å². The van der Waals surface area contributed by atoms with Crippen LogP contribution in [0.5, 0.6) is 0 Å². The first kappa shape index (κ1) is 7.21. The molecule has 0 bridgehead atoms. The summed E-state index contributed by atoms with van der Waals surface area (Å²) in [6.45, 7) is 0.00810. The Morgan fingerprint density at radius 1 is 1.56 bits per heavy atom. The van der Waals surface area contributed by atoms with Gasteiger partial charge in [-0.25, -0.2) is 0 Å². The van der Waals surface area contributed by atoms with Crippen LogP contribution in [0.1, 0.15) is 0 Å². The zero-order chi connectivity index (χ0) is 6.91. The van der Waals surface area contributed by atoms with E-state index in [4.69, 9.17) is 0 Å². The van der Waals surface area contributed by atoms with Crippen LogP contribution in [0.2, 0.25) is 0 Å². The van der Waals surface area contributed by atoms with Crippen molar-refractivity contribution >= 4 is 11.9 Å². The molecule has 0 amide bonds. The molecule has 0 aromatic rings. The lowest BCUT2D eigenvalue weighted by Crippen LogP contribution is -2.24. The Morgan fingerprint density at radius 2 is 2.22 bits per heavy atom. The molecule has 1 saturated heterocycles. The van der Waals surface area contributed by atoms with Crippen molar-refractivity contribution < 1.29 is 13.2 Å². The Morgan fingerprint density at radius 3 is 2.44 bits per heavy atom. The lowest BCUT2D eigenvalue weighted by Gasteiger charge is -2.10.